The Morgan fingerprint density at radius 1 is 1.60 bits per heavy atom. The van der Waals surface area contributed by atoms with Gasteiger partial charge in [-0.2, -0.15) is 0 Å². The Balaban J connectivity index is 2.59. The SMILES string of the molecule is Cc1noc(C)c1CC(=O)N[C@H](C)CO. The molecule has 15 heavy (non-hydrogen) atoms. The third-order valence-corrected chi connectivity index (χ3v) is 2.20. The summed E-state index contributed by atoms with van der Waals surface area (Å²) in [6, 6.07) is -0.224. The van der Waals surface area contributed by atoms with Crippen molar-refractivity contribution in [3.63, 3.8) is 0 Å². The first-order valence-corrected chi connectivity index (χ1v) is 4.86. The fourth-order valence-electron chi connectivity index (χ4n) is 1.29. The highest BCUT2D eigenvalue weighted by molar-refractivity contribution is 5.79. The molecule has 1 aromatic heterocycles. The first kappa shape index (κ1) is 11.7. The van der Waals surface area contributed by atoms with Gasteiger partial charge in [0.15, 0.2) is 0 Å². The first-order chi connectivity index (χ1) is 7.04. The van der Waals surface area contributed by atoms with Crippen molar-refractivity contribution in [2.24, 2.45) is 0 Å². The van der Waals surface area contributed by atoms with Gasteiger partial charge in [-0.05, 0) is 20.8 Å². The number of carbonyl (C=O) groups is 1. The molecule has 1 aromatic rings. The van der Waals surface area contributed by atoms with Crippen LogP contribution in [0.2, 0.25) is 0 Å². The minimum absolute atomic E-state index is 0.0622. The van der Waals surface area contributed by atoms with Crippen LogP contribution in [0.4, 0.5) is 0 Å². The Kier molecular flexibility index (Phi) is 3.85. The van der Waals surface area contributed by atoms with Gasteiger partial charge >= 0.3 is 0 Å². The van der Waals surface area contributed by atoms with Crippen LogP contribution in [0.1, 0.15) is 23.9 Å². The van der Waals surface area contributed by atoms with Gasteiger partial charge in [0.25, 0.3) is 0 Å². The van der Waals surface area contributed by atoms with E-state index in [0.29, 0.717) is 5.76 Å². The Labute approximate surface area is 88.5 Å². The molecule has 1 amide bonds. The van der Waals surface area contributed by atoms with Crippen molar-refractivity contribution in [3.8, 4) is 0 Å². The smallest absolute Gasteiger partial charge is 0.224 e. The van der Waals surface area contributed by atoms with Crippen LogP contribution in [-0.2, 0) is 11.2 Å². The number of aryl methyl sites for hydroxylation is 2. The number of aliphatic hydroxyl groups excluding tert-OH is 1. The summed E-state index contributed by atoms with van der Waals surface area (Å²) in [7, 11) is 0. The van der Waals surface area contributed by atoms with Crippen molar-refractivity contribution in [2.45, 2.75) is 33.2 Å². The van der Waals surface area contributed by atoms with E-state index in [2.05, 4.69) is 10.5 Å². The molecular formula is C10H16N2O3. The number of carbonyl (C=O) groups excluding carboxylic acids is 1. The summed E-state index contributed by atoms with van der Waals surface area (Å²) < 4.78 is 4.95. The van der Waals surface area contributed by atoms with Gasteiger partial charge in [0.2, 0.25) is 5.91 Å². The van der Waals surface area contributed by atoms with Gasteiger partial charge < -0.3 is 14.9 Å². The Bertz CT molecular complexity index is 327. The summed E-state index contributed by atoms with van der Waals surface area (Å²) >= 11 is 0. The second kappa shape index (κ2) is 4.93. The van der Waals surface area contributed by atoms with E-state index in [4.69, 9.17) is 9.63 Å². The average molecular weight is 212 g/mol. The molecule has 0 radical (unpaired) electrons. The van der Waals surface area contributed by atoms with Gasteiger partial charge in [0.1, 0.15) is 5.76 Å². The molecule has 84 valence electrons. The Hall–Kier alpha value is -1.36. The molecule has 0 bridgehead atoms. The maximum atomic E-state index is 11.5. The fourth-order valence-corrected chi connectivity index (χ4v) is 1.29. The molecule has 1 atom stereocenters. The summed E-state index contributed by atoms with van der Waals surface area (Å²) in [4.78, 5) is 11.5. The maximum absolute atomic E-state index is 11.5. The molecule has 0 saturated heterocycles. The van der Waals surface area contributed by atoms with Crippen molar-refractivity contribution in [2.75, 3.05) is 6.61 Å². The summed E-state index contributed by atoms with van der Waals surface area (Å²) in [6.07, 6.45) is 0.242. The van der Waals surface area contributed by atoms with E-state index in [1.165, 1.54) is 0 Å². The lowest BCUT2D eigenvalue weighted by Gasteiger charge is -2.10. The predicted molar refractivity (Wildman–Crippen MR) is 54.4 cm³/mol. The molecule has 0 aromatic carbocycles. The number of nitrogens with one attached hydrogen (secondary N) is 1. The molecule has 0 saturated carbocycles. The highest BCUT2D eigenvalue weighted by Gasteiger charge is 2.14. The van der Waals surface area contributed by atoms with Crippen LogP contribution < -0.4 is 5.32 Å². The summed E-state index contributed by atoms with van der Waals surface area (Å²) in [5.74, 6) is 0.533. The lowest BCUT2D eigenvalue weighted by atomic mass is 10.1. The molecule has 2 N–H and O–H groups in total. The number of nitrogens with zero attached hydrogens (tertiary/aromatic N) is 1. The van der Waals surface area contributed by atoms with Gasteiger partial charge in [-0.3, -0.25) is 4.79 Å². The van der Waals surface area contributed by atoms with Crippen molar-refractivity contribution in [1.29, 1.82) is 0 Å². The molecule has 5 heteroatoms. The summed E-state index contributed by atoms with van der Waals surface area (Å²) in [5, 5.41) is 15.2. The third kappa shape index (κ3) is 3.06. The van der Waals surface area contributed by atoms with Gasteiger partial charge in [0, 0.05) is 11.6 Å². The van der Waals surface area contributed by atoms with Gasteiger partial charge in [-0.15, -0.1) is 0 Å². The van der Waals surface area contributed by atoms with E-state index >= 15 is 0 Å². The molecule has 0 spiro atoms. The van der Waals surface area contributed by atoms with Crippen molar-refractivity contribution < 1.29 is 14.4 Å². The van der Waals surface area contributed by atoms with Crippen molar-refractivity contribution >= 4 is 5.91 Å². The zero-order valence-corrected chi connectivity index (χ0v) is 9.20. The van der Waals surface area contributed by atoms with Crippen molar-refractivity contribution in [3.05, 3.63) is 17.0 Å². The zero-order valence-electron chi connectivity index (χ0n) is 9.20. The molecule has 1 rings (SSSR count). The van der Waals surface area contributed by atoms with Gasteiger partial charge in [0.05, 0.1) is 18.7 Å². The lowest BCUT2D eigenvalue weighted by Crippen LogP contribution is -2.36. The van der Waals surface area contributed by atoms with Crippen LogP contribution in [0.15, 0.2) is 4.52 Å². The highest BCUT2D eigenvalue weighted by atomic mass is 16.5. The maximum Gasteiger partial charge on any atom is 0.224 e. The largest absolute Gasteiger partial charge is 0.394 e. The Morgan fingerprint density at radius 3 is 2.73 bits per heavy atom. The number of hydrogen-bond acceptors (Lipinski definition) is 4. The standard InChI is InChI=1S/C10H16N2O3/c1-6(5-13)11-10(14)4-9-7(2)12-15-8(9)3/h6,13H,4-5H2,1-3H3,(H,11,14)/t6-/m1/s1. The number of rotatable bonds is 4. The highest BCUT2D eigenvalue weighted by Crippen LogP contribution is 2.12. The number of aliphatic hydroxyl groups is 1. The van der Waals surface area contributed by atoms with Gasteiger partial charge in [-0.1, -0.05) is 5.16 Å². The third-order valence-electron chi connectivity index (χ3n) is 2.20. The molecular weight excluding hydrogens is 196 g/mol. The lowest BCUT2D eigenvalue weighted by molar-refractivity contribution is -0.121. The average Bonchev–Trinajstić information content (AvgIpc) is 2.49. The normalized spacial score (nSPS) is 12.5. The molecule has 0 fully saturated rings. The number of aromatic nitrogens is 1. The zero-order chi connectivity index (χ0) is 11.4. The van der Waals surface area contributed by atoms with Crippen LogP contribution in [0.25, 0.3) is 0 Å². The summed E-state index contributed by atoms with van der Waals surface area (Å²) in [6.45, 7) is 5.26. The fraction of sp³-hybridized carbons (Fsp3) is 0.600. The minimum atomic E-state index is -0.224. The first-order valence-electron chi connectivity index (χ1n) is 4.86. The molecule has 1 heterocycles. The van der Waals surface area contributed by atoms with Crippen LogP contribution in [0, 0.1) is 13.8 Å². The summed E-state index contributed by atoms with van der Waals surface area (Å²) in [5.41, 5.74) is 1.55. The molecule has 5 nitrogen and oxygen atoms in total. The van der Waals surface area contributed by atoms with Crippen LogP contribution >= 0.6 is 0 Å². The van der Waals surface area contributed by atoms with E-state index in [1.54, 1.807) is 20.8 Å². The predicted octanol–water partition coefficient (Wildman–Crippen LogP) is 0.331. The second-order valence-corrected chi connectivity index (χ2v) is 3.63. The van der Waals surface area contributed by atoms with Crippen LogP contribution in [-0.4, -0.2) is 28.8 Å². The number of hydrogen-bond donors (Lipinski definition) is 2. The van der Waals surface area contributed by atoms with Crippen LogP contribution in [0.5, 0.6) is 0 Å². The van der Waals surface area contributed by atoms with E-state index < -0.39 is 0 Å². The van der Waals surface area contributed by atoms with Gasteiger partial charge in [-0.25, -0.2) is 0 Å². The van der Waals surface area contributed by atoms with E-state index in [1.807, 2.05) is 0 Å². The number of amides is 1. The molecule has 0 aliphatic heterocycles. The Morgan fingerprint density at radius 2 is 2.27 bits per heavy atom. The van der Waals surface area contributed by atoms with Crippen molar-refractivity contribution in [1.82, 2.24) is 10.5 Å². The minimum Gasteiger partial charge on any atom is -0.394 e. The van der Waals surface area contributed by atoms with E-state index in [9.17, 15) is 4.79 Å². The van der Waals surface area contributed by atoms with Crippen LogP contribution in [0.3, 0.4) is 0 Å². The molecule has 0 aliphatic rings. The molecule has 0 unspecified atom stereocenters. The topological polar surface area (TPSA) is 75.4 Å². The second-order valence-electron chi connectivity index (χ2n) is 3.63. The van der Waals surface area contributed by atoms with E-state index in [-0.39, 0.29) is 25.0 Å². The van der Waals surface area contributed by atoms with E-state index in [0.717, 1.165) is 11.3 Å². The monoisotopic (exact) mass is 212 g/mol. The quantitative estimate of drug-likeness (QED) is 0.754. The molecule has 0 aliphatic carbocycles.